The molecule has 0 aliphatic heterocycles. The largest absolute Gasteiger partial charge is 1.00 e. The summed E-state index contributed by atoms with van der Waals surface area (Å²) in [5.74, 6) is 0. The van der Waals surface area contributed by atoms with Crippen LogP contribution in [0.4, 0.5) is 0 Å². The molecule has 0 aromatic heterocycles. The van der Waals surface area contributed by atoms with Gasteiger partial charge in [0.2, 0.25) is 10.0 Å². The Morgan fingerprint density at radius 1 is 1.14 bits per heavy atom. The Labute approximate surface area is 136 Å². The van der Waals surface area contributed by atoms with Gasteiger partial charge >= 0.3 is 0 Å². The minimum Gasteiger partial charge on any atom is -1.00 e. The molecule has 2 aromatic rings. The third-order valence-corrected chi connectivity index (χ3v) is 4.82. The van der Waals surface area contributed by atoms with Crippen LogP contribution in [-0.2, 0) is 10.0 Å². The molecule has 0 aliphatic carbocycles. The molecule has 4 nitrogen and oxygen atoms in total. The van der Waals surface area contributed by atoms with Gasteiger partial charge in [-0.15, -0.1) is 0 Å². The number of unbranched alkanes of at least 4 members (excludes halogenated alkanes) is 1. The standard InChI is InChI=1S/C14H17ClN2O2S.ClH/c15-14-5-3-4-11-10-12(6-7-13(11)14)20(18,19)17-9-2-1-8-16;/h3-7,10,17H,1-2,8-9,16H2;1H/p-1. The second kappa shape index (κ2) is 7.96. The number of fused-ring (bicyclic) bond motifs is 1. The number of hydrogen-bond donors (Lipinski definition) is 2. The van der Waals surface area contributed by atoms with Crippen LogP contribution in [-0.4, -0.2) is 21.5 Å². The highest BCUT2D eigenvalue weighted by molar-refractivity contribution is 7.89. The van der Waals surface area contributed by atoms with Gasteiger partial charge in [-0.3, -0.25) is 0 Å². The number of nitrogens with one attached hydrogen (secondary N) is 1. The first kappa shape index (κ1) is 18.2. The van der Waals surface area contributed by atoms with E-state index in [1.165, 1.54) is 0 Å². The minimum absolute atomic E-state index is 0. The normalized spacial score (nSPS) is 11.3. The fraction of sp³-hybridized carbons (Fsp3) is 0.286. The van der Waals surface area contributed by atoms with Crippen LogP contribution in [0, 0.1) is 0 Å². The van der Waals surface area contributed by atoms with E-state index in [9.17, 15) is 8.42 Å². The zero-order valence-electron chi connectivity index (χ0n) is 11.4. The average Bonchev–Trinajstić information content (AvgIpc) is 2.43. The molecule has 0 spiro atoms. The van der Waals surface area contributed by atoms with Crippen LogP contribution in [0.5, 0.6) is 0 Å². The summed E-state index contributed by atoms with van der Waals surface area (Å²) >= 11 is 6.07. The molecule has 0 bridgehead atoms. The van der Waals surface area contributed by atoms with Gasteiger partial charge < -0.3 is 18.1 Å². The fourth-order valence-electron chi connectivity index (χ4n) is 1.95. The highest BCUT2D eigenvalue weighted by Gasteiger charge is 2.14. The summed E-state index contributed by atoms with van der Waals surface area (Å²) in [7, 11) is -3.48. The van der Waals surface area contributed by atoms with Crippen LogP contribution < -0.4 is 22.9 Å². The Morgan fingerprint density at radius 2 is 1.90 bits per heavy atom. The lowest BCUT2D eigenvalue weighted by atomic mass is 10.1. The first-order valence-electron chi connectivity index (χ1n) is 6.42. The summed E-state index contributed by atoms with van der Waals surface area (Å²) in [6.07, 6.45) is 1.53. The lowest BCUT2D eigenvalue weighted by molar-refractivity contribution is -0.00000656. The van der Waals surface area contributed by atoms with E-state index in [1.54, 1.807) is 30.3 Å². The van der Waals surface area contributed by atoms with Crippen LogP contribution in [0.3, 0.4) is 0 Å². The third-order valence-electron chi connectivity index (χ3n) is 3.03. The van der Waals surface area contributed by atoms with Crippen molar-refractivity contribution in [2.24, 2.45) is 5.73 Å². The molecule has 0 saturated heterocycles. The van der Waals surface area contributed by atoms with Crippen molar-refractivity contribution in [2.45, 2.75) is 17.7 Å². The van der Waals surface area contributed by atoms with E-state index < -0.39 is 10.0 Å². The predicted molar refractivity (Wildman–Crippen MR) is 82.4 cm³/mol. The zero-order chi connectivity index (χ0) is 14.6. The Bertz CT molecular complexity index is 705. The molecule has 0 unspecified atom stereocenters. The molecule has 0 aliphatic rings. The number of rotatable bonds is 6. The molecule has 0 heterocycles. The Balaban J connectivity index is 0.00000220. The van der Waals surface area contributed by atoms with Crippen molar-refractivity contribution < 1.29 is 20.8 Å². The van der Waals surface area contributed by atoms with Gasteiger partial charge in [-0.25, -0.2) is 13.1 Å². The summed E-state index contributed by atoms with van der Waals surface area (Å²) in [6.45, 7) is 0.962. The zero-order valence-corrected chi connectivity index (χ0v) is 13.7. The van der Waals surface area contributed by atoms with Gasteiger partial charge in [0.15, 0.2) is 0 Å². The van der Waals surface area contributed by atoms with Crippen molar-refractivity contribution in [2.75, 3.05) is 13.1 Å². The quantitative estimate of drug-likeness (QED) is 0.693. The van der Waals surface area contributed by atoms with E-state index in [2.05, 4.69) is 4.72 Å². The Morgan fingerprint density at radius 3 is 2.62 bits per heavy atom. The van der Waals surface area contributed by atoms with Crippen LogP contribution in [0.2, 0.25) is 5.02 Å². The highest BCUT2D eigenvalue weighted by atomic mass is 35.5. The molecule has 7 heteroatoms. The number of sulfonamides is 1. The Kier molecular flexibility index (Phi) is 6.90. The van der Waals surface area contributed by atoms with Crippen molar-refractivity contribution in [1.29, 1.82) is 0 Å². The van der Waals surface area contributed by atoms with E-state index >= 15 is 0 Å². The number of benzene rings is 2. The summed E-state index contributed by atoms with van der Waals surface area (Å²) in [4.78, 5) is 0.250. The maximum absolute atomic E-state index is 12.1. The first-order valence-corrected chi connectivity index (χ1v) is 8.29. The van der Waals surface area contributed by atoms with Gasteiger partial charge in [0.05, 0.1) is 4.90 Å². The summed E-state index contributed by atoms with van der Waals surface area (Å²) in [5.41, 5.74) is 5.38. The van der Waals surface area contributed by atoms with Crippen LogP contribution >= 0.6 is 11.6 Å². The Hall–Kier alpha value is -0.850. The van der Waals surface area contributed by atoms with Gasteiger partial charge in [-0.1, -0.05) is 29.8 Å². The van der Waals surface area contributed by atoms with Crippen molar-refractivity contribution in [3.63, 3.8) is 0 Å². The number of nitrogens with two attached hydrogens (primary N) is 1. The maximum Gasteiger partial charge on any atom is 0.240 e. The topological polar surface area (TPSA) is 72.2 Å². The third kappa shape index (κ3) is 4.56. The van der Waals surface area contributed by atoms with E-state index in [4.69, 9.17) is 17.3 Å². The van der Waals surface area contributed by atoms with E-state index in [1.807, 2.05) is 6.07 Å². The van der Waals surface area contributed by atoms with E-state index in [0.717, 1.165) is 23.6 Å². The predicted octanol–water partition coefficient (Wildman–Crippen LogP) is -0.486. The smallest absolute Gasteiger partial charge is 0.240 e. The molecule has 2 aromatic carbocycles. The van der Waals surface area contributed by atoms with Crippen LogP contribution in [0.25, 0.3) is 10.8 Å². The van der Waals surface area contributed by atoms with Crippen molar-refractivity contribution in [3.8, 4) is 0 Å². The summed E-state index contributed by atoms with van der Waals surface area (Å²) in [6, 6.07) is 10.4. The van der Waals surface area contributed by atoms with Crippen molar-refractivity contribution in [1.82, 2.24) is 4.72 Å². The van der Waals surface area contributed by atoms with E-state index in [0.29, 0.717) is 18.1 Å². The maximum atomic E-state index is 12.1. The minimum atomic E-state index is -3.48. The molecule has 2 rings (SSSR count). The molecule has 21 heavy (non-hydrogen) atoms. The van der Waals surface area contributed by atoms with Crippen molar-refractivity contribution in [3.05, 3.63) is 41.4 Å². The second-order valence-electron chi connectivity index (χ2n) is 4.52. The highest BCUT2D eigenvalue weighted by Crippen LogP contribution is 2.25. The molecule has 0 atom stereocenters. The number of hydrogen-bond acceptors (Lipinski definition) is 3. The summed E-state index contributed by atoms with van der Waals surface area (Å²) in [5, 5.41) is 2.26. The van der Waals surface area contributed by atoms with Crippen LogP contribution in [0.1, 0.15) is 12.8 Å². The molecule has 116 valence electrons. The molecule has 3 N–H and O–H groups in total. The van der Waals surface area contributed by atoms with Gasteiger partial charge in [-0.2, -0.15) is 0 Å². The second-order valence-corrected chi connectivity index (χ2v) is 6.69. The molecule has 0 amide bonds. The molecule has 0 radical (unpaired) electrons. The van der Waals surface area contributed by atoms with Gasteiger partial charge in [0.25, 0.3) is 0 Å². The molecule has 0 fully saturated rings. The first-order chi connectivity index (χ1) is 9.54. The monoisotopic (exact) mass is 347 g/mol. The van der Waals surface area contributed by atoms with Gasteiger partial charge in [0, 0.05) is 17.0 Å². The molecule has 0 saturated carbocycles. The molecular weight excluding hydrogens is 331 g/mol. The number of halogens is 2. The van der Waals surface area contributed by atoms with E-state index in [-0.39, 0.29) is 17.3 Å². The van der Waals surface area contributed by atoms with Crippen molar-refractivity contribution >= 4 is 32.4 Å². The van der Waals surface area contributed by atoms with Gasteiger partial charge in [0.1, 0.15) is 0 Å². The SMILES string of the molecule is NCCCCNS(=O)(=O)c1ccc2c(Cl)cccc2c1.[Cl-]. The fourth-order valence-corrected chi connectivity index (χ4v) is 3.30. The van der Waals surface area contributed by atoms with Gasteiger partial charge in [-0.05, 0) is 43.0 Å². The summed E-state index contributed by atoms with van der Waals surface area (Å²) < 4.78 is 26.9. The van der Waals surface area contributed by atoms with Crippen LogP contribution in [0.15, 0.2) is 41.3 Å². The lowest BCUT2D eigenvalue weighted by Crippen LogP contribution is -3.00. The average molecular weight is 348 g/mol. The molecular formula is C14H17Cl2N2O2S-. The lowest BCUT2D eigenvalue weighted by Gasteiger charge is -2.08.